The predicted octanol–water partition coefficient (Wildman–Crippen LogP) is 3.30. The standard InChI is InChI=1S/C15H20N2.C8H8O3/c1-3-11-9-16-7-8-17-10-12-4-2-5-13(12)14(6-1)15(11)17;9-7(8(10)11)6-4-2-1-3-5-6/h1,3,6,12-13,16H,2,4-5,7-10H2;1-5,7,9H,(H,10,11)/t;7-/m.1/s1. The maximum Gasteiger partial charge on any atom is 0.337 e. The Kier molecular flexibility index (Phi) is 5.64. The van der Waals surface area contributed by atoms with Crippen LogP contribution in [0.15, 0.2) is 48.5 Å². The van der Waals surface area contributed by atoms with E-state index in [1.54, 1.807) is 41.6 Å². The number of aliphatic hydroxyl groups is 1. The summed E-state index contributed by atoms with van der Waals surface area (Å²) in [5.74, 6) is 0.561. The molecule has 0 radical (unpaired) electrons. The molecular weight excluding hydrogens is 352 g/mol. The average molecular weight is 380 g/mol. The fraction of sp³-hybridized carbons (Fsp3) is 0.435. The quantitative estimate of drug-likeness (QED) is 0.746. The lowest BCUT2D eigenvalue weighted by Crippen LogP contribution is -2.38. The van der Waals surface area contributed by atoms with Gasteiger partial charge >= 0.3 is 5.97 Å². The van der Waals surface area contributed by atoms with E-state index in [1.165, 1.54) is 37.9 Å². The van der Waals surface area contributed by atoms with Gasteiger partial charge in [0.2, 0.25) is 0 Å². The van der Waals surface area contributed by atoms with E-state index in [4.69, 9.17) is 10.2 Å². The van der Waals surface area contributed by atoms with Gasteiger partial charge in [-0.2, -0.15) is 0 Å². The van der Waals surface area contributed by atoms with Crippen LogP contribution >= 0.6 is 0 Å². The minimum absolute atomic E-state index is 0.403. The number of aliphatic hydroxyl groups excluding tert-OH is 1. The number of benzene rings is 2. The lowest BCUT2D eigenvalue weighted by molar-refractivity contribution is -0.146. The normalized spacial score (nSPS) is 23.5. The molecule has 0 amide bonds. The highest BCUT2D eigenvalue weighted by Crippen LogP contribution is 2.48. The zero-order valence-corrected chi connectivity index (χ0v) is 16.1. The third-order valence-electron chi connectivity index (χ3n) is 6.20. The summed E-state index contributed by atoms with van der Waals surface area (Å²) in [5, 5.41) is 20.9. The summed E-state index contributed by atoms with van der Waals surface area (Å²) in [4.78, 5) is 12.9. The number of nitrogens with one attached hydrogen (secondary N) is 1. The van der Waals surface area contributed by atoms with Crippen LogP contribution in [-0.4, -0.2) is 35.8 Å². The van der Waals surface area contributed by atoms with E-state index in [2.05, 4.69) is 28.4 Å². The van der Waals surface area contributed by atoms with Gasteiger partial charge in [0.25, 0.3) is 0 Å². The van der Waals surface area contributed by atoms with Gasteiger partial charge in [-0.1, -0.05) is 55.0 Å². The second-order valence-electron chi connectivity index (χ2n) is 7.93. The molecule has 2 heterocycles. The molecule has 5 nitrogen and oxygen atoms in total. The van der Waals surface area contributed by atoms with E-state index in [1.807, 2.05) is 0 Å². The van der Waals surface area contributed by atoms with E-state index in [9.17, 15) is 4.79 Å². The largest absolute Gasteiger partial charge is 0.479 e. The Morgan fingerprint density at radius 3 is 2.71 bits per heavy atom. The Labute approximate surface area is 166 Å². The molecule has 0 saturated heterocycles. The molecule has 5 heteroatoms. The first-order valence-electron chi connectivity index (χ1n) is 10.2. The number of carboxylic acids is 1. The zero-order valence-electron chi connectivity index (χ0n) is 16.1. The molecule has 3 N–H and O–H groups in total. The van der Waals surface area contributed by atoms with Crippen molar-refractivity contribution in [1.82, 2.24) is 5.32 Å². The maximum atomic E-state index is 10.2. The molecule has 3 atom stereocenters. The fourth-order valence-electron chi connectivity index (χ4n) is 4.90. The van der Waals surface area contributed by atoms with Crippen molar-refractivity contribution in [3.63, 3.8) is 0 Å². The van der Waals surface area contributed by atoms with E-state index >= 15 is 0 Å². The summed E-state index contributed by atoms with van der Waals surface area (Å²) in [6.45, 7) is 4.67. The van der Waals surface area contributed by atoms with Crippen molar-refractivity contribution in [1.29, 1.82) is 0 Å². The first-order chi connectivity index (χ1) is 13.6. The van der Waals surface area contributed by atoms with Gasteiger partial charge in [0, 0.05) is 31.9 Å². The van der Waals surface area contributed by atoms with Gasteiger partial charge in [-0.15, -0.1) is 0 Å². The summed E-state index contributed by atoms with van der Waals surface area (Å²) in [5.41, 5.74) is 5.16. The third kappa shape index (κ3) is 3.77. The highest BCUT2D eigenvalue weighted by Gasteiger charge is 2.37. The number of rotatable bonds is 2. The van der Waals surface area contributed by atoms with Crippen molar-refractivity contribution >= 4 is 11.7 Å². The number of anilines is 1. The highest BCUT2D eigenvalue weighted by molar-refractivity contribution is 5.73. The van der Waals surface area contributed by atoms with Crippen molar-refractivity contribution in [3.05, 3.63) is 65.2 Å². The van der Waals surface area contributed by atoms with Crippen molar-refractivity contribution in [2.24, 2.45) is 5.92 Å². The monoisotopic (exact) mass is 380 g/mol. The number of carboxylic acid groups (broad SMARTS) is 1. The third-order valence-corrected chi connectivity index (χ3v) is 6.20. The molecular formula is C23H28N2O3. The van der Waals surface area contributed by atoms with Crippen LogP contribution in [-0.2, 0) is 11.3 Å². The Bertz CT molecular complexity index is 824. The van der Waals surface area contributed by atoms with E-state index in [-0.39, 0.29) is 0 Å². The van der Waals surface area contributed by atoms with Crippen LogP contribution in [0.5, 0.6) is 0 Å². The summed E-state index contributed by atoms with van der Waals surface area (Å²) in [7, 11) is 0. The van der Waals surface area contributed by atoms with Crippen molar-refractivity contribution in [3.8, 4) is 0 Å². The average Bonchev–Trinajstić information content (AvgIpc) is 3.10. The van der Waals surface area contributed by atoms with Gasteiger partial charge in [-0.05, 0) is 41.4 Å². The van der Waals surface area contributed by atoms with Crippen LogP contribution in [0.4, 0.5) is 5.69 Å². The lowest BCUT2D eigenvalue weighted by atomic mass is 9.82. The molecule has 2 aromatic carbocycles. The molecule has 2 aliphatic heterocycles. The topological polar surface area (TPSA) is 72.8 Å². The van der Waals surface area contributed by atoms with Gasteiger partial charge in [-0.3, -0.25) is 0 Å². The summed E-state index contributed by atoms with van der Waals surface area (Å²) in [6.07, 6.45) is 2.89. The summed E-state index contributed by atoms with van der Waals surface area (Å²) >= 11 is 0. The number of nitrogens with zero attached hydrogens (tertiary/aromatic N) is 1. The first kappa shape index (κ1) is 19.0. The number of aliphatic carboxylic acids is 1. The van der Waals surface area contributed by atoms with Gasteiger partial charge in [0.05, 0.1) is 0 Å². The van der Waals surface area contributed by atoms with Gasteiger partial charge < -0.3 is 20.4 Å². The number of hydrogen-bond acceptors (Lipinski definition) is 4. The number of para-hydroxylation sites is 1. The van der Waals surface area contributed by atoms with Crippen molar-refractivity contribution in [2.75, 3.05) is 24.5 Å². The summed E-state index contributed by atoms with van der Waals surface area (Å²) < 4.78 is 0. The molecule has 2 unspecified atom stereocenters. The van der Waals surface area contributed by atoms with E-state index in [0.29, 0.717) is 5.56 Å². The van der Waals surface area contributed by atoms with Gasteiger partial charge in [-0.25, -0.2) is 4.79 Å². The van der Waals surface area contributed by atoms with E-state index < -0.39 is 12.1 Å². The summed E-state index contributed by atoms with van der Waals surface area (Å²) in [6, 6.07) is 15.2. The lowest BCUT2D eigenvalue weighted by Gasteiger charge is -2.38. The Morgan fingerprint density at radius 2 is 1.93 bits per heavy atom. The van der Waals surface area contributed by atoms with Crippen LogP contribution in [0.1, 0.15) is 48.0 Å². The molecule has 0 spiro atoms. The molecule has 28 heavy (non-hydrogen) atoms. The Balaban J connectivity index is 0.000000153. The predicted molar refractivity (Wildman–Crippen MR) is 109 cm³/mol. The molecule has 148 valence electrons. The maximum absolute atomic E-state index is 10.2. The number of carbonyl (C=O) groups is 1. The van der Waals surface area contributed by atoms with Gasteiger partial charge in [0.15, 0.2) is 6.10 Å². The van der Waals surface area contributed by atoms with Crippen LogP contribution < -0.4 is 10.2 Å². The van der Waals surface area contributed by atoms with Crippen LogP contribution in [0, 0.1) is 5.92 Å². The van der Waals surface area contributed by atoms with Gasteiger partial charge in [0.1, 0.15) is 0 Å². The second-order valence-corrected chi connectivity index (χ2v) is 7.93. The second kappa shape index (κ2) is 8.33. The van der Waals surface area contributed by atoms with E-state index in [0.717, 1.165) is 24.9 Å². The van der Waals surface area contributed by atoms with Crippen molar-refractivity contribution < 1.29 is 15.0 Å². The Hall–Kier alpha value is -2.37. The van der Waals surface area contributed by atoms with Crippen LogP contribution in [0.3, 0.4) is 0 Å². The van der Waals surface area contributed by atoms with Crippen LogP contribution in [0.25, 0.3) is 0 Å². The minimum Gasteiger partial charge on any atom is -0.479 e. The van der Waals surface area contributed by atoms with Crippen LogP contribution in [0.2, 0.25) is 0 Å². The van der Waals surface area contributed by atoms with Crippen molar-refractivity contribution in [2.45, 2.75) is 37.8 Å². The highest BCUT2D eigenvalue weighted by atomic mass is 16.4. The molecule has 1 fully saturated rings. The Morgan fingerprint density at radius 1 is 1.11 bits per heavy atom. The fourth-order valence-corrected chi connectivity index (χ4v) is 4.90. The molecule has 2 aromatic rings. The molecule has 3 aliphatic rings. The smallest absolute Gasteiger partial charge is 0.337 e. The number of hydrogen-bond donors (Lipinski definition) is 3. The zero-order chi connectivity index (χ0) is 19.5. The first-order valence-corrected chi connectivity index (χ1v) is 10.2. The molecule has 0 bridgehead atoms. The molecule has 1 saturated carbocycles. The number of fused-ring (bicyclic) bond motifs is 2. The molecule has 0 aromatic heterocycles. The molecule has 5 rings (SSSR count). The SMILES string of the molecule is O=C(O)[C@H](O)c1ccccc1.c1cc2c3c(c1)C1CCCC1CN3CCNC2. The molecule has 1 aliphatic carbocycles. The minimum atomic E-state index is -1.41.